The molecule has 0 radical (unpaired) electrons. The van der Waals surface area contributed by atoms with E-state index in [0.29, 0.717) is 17.2 Å². The van der Waals surface area contributed by atoms with Gasteiger partial charge in [0.25, 0.3) is 0 Å². The fourth-order valence-corrected chi connectivity index (χ4v) is 2.25. The molecule has 18 heavy (non-hydrogen) atoms. The predicted molar refractivity (Wildman–Crippen MR) is 72.4 cm³/mol. The molecule has 0 spiro atoms. The first-order chi connectivity index (χ1) is 8.49. The summed E-state index contributed by atoms with van der Waals surface area (Å²) in [5.41, 5.74) is 0.425. The van der Waals surface area contributed by atoms with Gasteiger partial charge < -0.3 is 9.64 Å². The van der Waals surface area contributed by atoms with E-state index in [9.17, 15) is 9.59 Å². The Hall–Kier alpha value is -1.56. The number of esters is 1. The molecule has 0 aromatic carbocycles. The molecule has 1 heterocycles. The molecule has 2 amide bonds. The van der Waals surface area contributed by atoms with Gasteiger partial charge in [0.2, 0.25) is 0 Å². The first-order valence-corrected chi connectivity index (χ1v) is 6.59. The molecule has 0 aliphatic heterocycles. The van der Waals surface area contributed by atoms with Gasteiger partial charge in [0.05, 0.1) is 12.2 Å². The average molecular weight is 270 g/mol. The maximum absolute atomic E-state index is 11.8. The molecule has 1 N–H and O–H groups in total. The Kier molecular flexibility index (Phi) is 5.15. The Morgan fingerprint density at radius 3 is 2.56 bits per heavy atom. The number of thiophene rings is 1. The normalized spacial score (nSPS) is 10.0. The van der Waals surface area contributed by atoms with Gasteiger partial charge in [0.15, 0.2) is 0 Å². The molecule has 0 bridgehead atoms. The summed E-state index contributed by atoms with van der Waals surface area (Å²) in [7, 11) is 3.29. The van der Waals surface area contributed by atoms with Gasteiger partial charge in [-0.25, -0.2) is 9.59 Å². The first-order valence-electron chi connectivity index (χ1n) is 5.77. The zero-order valence-electron chi connectivity index (χ0n) is 11.1. The van der Waals surface area contributed by atoms with E-state index in [1.54, 1.807) is 27.1 Å². The summed E-state index contributed by atoms with van der Waals surface area (Å²) in [5.74, 6) is -0.400. The van der Waals surface area contributed by atoms with Crippen LogP contribution in [-0.4, -0.2) is 37.6 Å². The van der Waals surface area contributed by atoms with Crippen LogP contribution in [0.4, 0.5) is 9.80 Å². The van der Waals surface area contributed by atoms with E-state index in [0.717, 1.165) is 11.3 Å². The van der Waals surface area contributed by atoms with Crippen molar-refractivity contribution < 1.29 is 14.3 Å². The van der Waals surface area contributed by atoms with Crippen molar-refractivity contribution >= 4 is 28.3 Å². The Labute approximate surface area is 111 Å². The van der Waals surface area contributed by atoms with Crippen molar-refractivity contribution in [2.45, 2.75) is 20.3 Å². The number of aryl methyl sites for hydroxylation is 1. The summed E-state index contributed by atoms with van der Waals surface area (Å²) in [5, 5.41) is 3.25. The van der Waals surface area contributed by atoms with Crippen molar-refractivity contribution in [2.75, 3.05) is 26.0 Å². The molecule has 1 rings (SSSR count). The van der Waals surface area contributed by atoms with Gasteiger partial charge in [-0.3, -0.25) is 5.32 Å². The smallest absolute Gasteiger partial charge is 0.341 e. The highest BCUT2D eigenvalue weighted by molar-refractivity contribution is 7.16. The molecule has 5 nitrogen and oxygen atoms in total. The maximum Gasteiger partial charge on any atom is 0.341 e. The molecule has 0 saturated heterocycles. The molecule has 0 atom stereocenters. The number of carbonyl (C=O) groups is 2. The van der Waals surface area contributed by atoms with Gasteiger partial charge in [-0.1, -0.05) is 6.92 Å². The van der Waals surface area contributed by atoms with Crippen LogP contribution in [0.1, 0.15) is 29.1 Å². The molecular weight excluding hydrogens is 252 g/mol. The zero-order chi connectivity index (χ0) is 13.7. The lowest BCUT2D eigenvalue weighted by Crippen LogP contribution is -2.27. The van der Waals surface area contributed by atoms with Crippen molar-refractivity contribution in [1.29, 1.82) is 0 Å². The van der Waals surface area contributed by atoms with E-state index in [2.05, 4.69) is 5.32 Å². The molecule has 1 aromatic heterocycles. The van der Waals surface area contributed by atoms with Crippen LogP contribution in [0, 0.1) is 0 Å². The van der Waals surface area contributed by atoms with Crippen LogP contribution in [0.25, 0.3) is 0 Å². The van der Waals surface area contributed by atoms with Crippen molar-refractivity contribution in [3.05, 3.63) is 16.5 Å². The van der Waals surface area contributed by atoms with Gasteiger partial charge in [0.1, 0.15) is 5.00 Å². The minimum atomic E-state index is -0.400. The summed E-state index contributed by atoms with van der Waals surface area (Å²) in [6.07, 6.45) is 0.814. The standard InChI is InChI=1S/C12H18N2O3S/c1-5-8-7-9(11(15)17-6-2)10(18-8)13-12(16)14(3)4/h7H,5-6H2,1-4H3,(H,13,16). The Balaban J connectivity index is 2.98. The van der Waals surface area contributed by atoms with Crippen LogP contribution in [0.15, 0.2) is 6.07 Å². The number of hydrogen-bond acceptors (Lipinski definition) is 4. The lowest BCUT2D eigenvalue weighted by Gasteiger charge is -2.11. The number of ether oxygens (including phenoxy) is 1. The summed E-state index contributed by atoms with van der Waals surface area (Å²) in [6.45, 7) is 4.07. The minimum Gasteiger partial charge on any atom is -0.462 e. The third-order valence-corrected chi connectivity index (χ3v) is 3.45. The number of nitrogens with one attached hydrogen (secondary N) is 1. The monoisotopic (exact) mass is 270 g/mol. The van der Waals surface area contributed by atoms with E-state index in [1.807, 2.05) is 6.92 Å². The van der Waals surface area contributed by atoms with Gasteiger partial charge in [0, 0.05) is 19.0 Å². The van der Waals surface area contributed by atoms with Crippen LogP contribution >= 0.6 is 11.3 Å². The van der Waals surface area contributed by atoms with Gasteiger partial charge in [-0.05, 0) is 19.4 Å². The maximum atomic E-state index is 11.8. The van der Waals surface area contributed by atoms with Crippen molar-refractivity contribution in [1.82, 2.24) is 4.90 Å². The second kappa shape index (κ2) is 6.39. The number of hydrogen-bond donors (Lipinski definition) is 1. The van der Waals surface area contributed by atoms with E-state index in [-0.39, 0.29) is 6.03 Å². The van der Waals surface area contributed by atoms with E-state index in [1.165, 1.54) is 16.2 Å². The molecule has 0 unspecified atom stereocenters. The lowest BCUT2D eigenvalue weighted by atomic mass is 10.2. The highest BCUT2D eigenvalue weighted by Crippen LogP contribution is 2.29. The zero-order valence-corrected chi connectivity index (χ0v) is 11.9. The quantitative estimate of drug-likeness (QED) is 0.855. The number of anilines is 1. The van der Waals surface area contributed by atoms with Crippen LogP contribution in [-0.2, 0) is 11.2 Å². The first kappa shape index (κ1) is 14.5. The van der Waals surface area contributed by atoms with Crippen LogP contribution < -0.4 is 5.32 Å². The predicted octanol–water partition coefficient (Wildman–Crippen LogP) is 2.58. The molecular formula is C12H18N2O3S. The Morgan fingerprint density at radius 1 is 1.39 bits per heavy atom. The number of rotatable bonds is 4. The molecule has 0 fully saturated rings. The summed E-state index contributed by atoms with van der Waals surface area (Å²) in [4.78, 5) is 25.8. The molecule has 100 valence electrons. The van der Waals surface area contributed by atoms with Gasteiger partial charge in [-0.15, -0.1) is 11.3 Å². The third-order valence-electron chi connectivity index (χ3n) is 2.25. The van der Waals surface area contributed by atoms with E-state index < -0.39 is 5.97 Å². The molecule has 0 saturated carbocycles. The number of urea groups is 1. The molecule has 1 aromatic rings. The molecule has 6 heteroatoms. The lowest BCUT2D eigenvalue weighted by molar-refractivity contribution is 0.0528. The number of nitrogens with zero attached hydrogens (tertiary/aromatic N) is 1. The topological polar surface area (TPSA) is 58.6 Å². The second-order valence-corrected chi connectivity index (χ2v) is 4.99. The number of carbonyl (C=O) groups excluding carboxylic acids is 2. The van der Waals surface area contributed by atoms with Crippen molar-refractivity contribution in [3.63, 3.8) is 0 Å². The fourth-order valence-electron chi connectivity index (χ4n) is 1.28. The molecule has 0 aliphatic rings. The SMILES string of the molecule is CCOC(=O)c1cc(CC)sc1NC(=O)N(C)C. The van der Waals surface area contributed by atoms with E-state index in [4.69, 9.17) is 4.74 Å². The van der Waals surface area contributed by atoms with Gasteiger partial charge >= 0.3 is 12.0 Å². The van der Waals surface area contributed by atoms with E-state index >= 15 is 0 Å². The largest absolute Gasteiger partial charge is 0.462 e. The Bertz CT molecular complexity index is 441. The van der Waals surface area contributed by atoms with Crippen molar-refractivity contribution in [3.8, 4) is 0 Å². The molecule has 0 aliphatic carbocycles. The Morgan fingerprint density at radius 2 is 2.06 bits per heavy atom. The average Bonchev–Trinajstić information content (AvgIpc) is 2.72. The van der Waals surface area contributed by atoms with Crippen LogP contribution in [0.2, 0.25) is 0 Å². The van der Waals surface area contributed by atoms with Crippen molar-refractivity contribution in [2.24, 2.45) is 0 Å². The van der Waals surface area contributed by atoms with Crippen LogP contribution in [0.3, 0.4) is 0 Å². The summed E-state index contributed by atoms with van der Waals surface area (Å²) < 4.78 is 4.97. The fraction of sp³-hybridized carbons (Fsp3) is 0.500. The summed E-state index contributed by atoms with van der Waals surface area (Å²) >= 11 is 1.40. The highest BCUT2D eigenvalue weighted by Gasteiger charge is 2.18. The summed E-state index contributed by atoms with van der Waals surface area (Å²) in [6, 6.07) is 1.51. The number of amides is 2. The minimum absolute atomic E-state index is 0.259. The third kappa shape index (κ3) is 3.46. The van der Waals surface area contributed by atoms with Crippen LogP contribution in [0.5, 0.6) is 0 Å². The highest BCUT2D eigenvalue weighted by atomic mass is 32.1. The van der Waals surface area contributed by atoms with Gasteiger partial charge in [-0.2, -0.15) is 0 Å². The second-order valence-electron chi connectivity index (χ2n) is 3.85.